The second kappa shape index (κ2) is 5.74. The van der Waals surface area contributed by atoms with E-state index in [2.05, 4.69) is 11.8 Å². The highest BCUT2D eigenvalue weighted by molar-refractivity contribution is 6.31. The van der Waals surface area contributed by atoms with Crippen LogP contribution >= 0.6 is 11.6 Å². The Hall–Kier alpha value is -0.730. The van der Waals surface area contributed by atoms with Gasteiger partial charge in [-0.2, -0.15) is 0 Å². The molecule has 1 saturated heterocycles. The molecule has 0 saturated carbocycles. The van der Waals surface area contributed by atoms with E-state index in [0.29, 0.717) is 10.8 Å². The molecule has 1 atom stereocenters. The minimum Gasteiger partial charge on any atom is -0.508 e. The molecule has 94 valence electrons. The van der Waals surface area contributed by atoms with Crippen molar-refractivity contribution in [2.45, 2.75) is 32.7 Å². The molecule has 3 heteroatoms. The number of hydrogen-bond donors (Lipinski definition) is 1. The van der Waals surface area contributed by atoms with Crippen LogP contribution in [0.1, 0.15) is 31.7 Å². The van der Waals surface area contributed by atoms with Crippen molar-refractivity contribution in [3.05, 3.63) is 28.8 Å². The average Bonchev–Trinajstić information content (AvgIpc) is 2.34. The van der Waals surface area contributed by atoms with Crippen molar-refractivity contribution in [3.8, 4) is 5.75 Å². The number of phenols is 1. The molecule has 1 aromatic rings. The first kappa shape index (κ1) is 12.7. The smallest absolute Gasteiger partial charge is 0.121 e. The molecule has 0 bridgehead atoms. The quantitative estimate of drug-likeness (QED) is 0.889. The van der Waals surface area contributed by atoms with Crippen LogP contribution in [0.3, 0.4) is 0 Å². The first-order chi connectivity index (χ1) is 8.20. The van der Waals surface area contributed by atoms with Crippen LogP contribution in [-0.4, -0.2) is 23.1 Å². The van der Waals surface area contributed by atoms with E-state index in [-0.39, 0.29) is 0 Å². The maximum atomic E-state index is 9.83. The summed E-state index contributed by atoms with van der Waals surface area (Å²) in [5.74, 6) is 1.12. The Morgan fingerprint density at radius 3 is 3.00 bits per heavy atom. The Bertz CT molecular complexity index is 360. The zero-order chi connectivity index (χ0) is 12.3. The van der Waals surface area contributed by atoms with Crippen molar-refractivity contribution >= 4 is 11.6 Å². The lowest BCUT2D eigenvalue weighted by Gasteiger charge is -2.32. The molecule has 0 spiro atoms. The fraction of sp³-hybridized carbons (Fsp3) is 0.571. The van der Waals surface area contributed by atoms with Crippen molar-refractivity contribution in [1.82, 2.24) is 4.90 Å². The molecule has 1 heterocycles. The van der Waals surface area contributed by atoms with Crippen LogP contribution in [-0.2, 0) is 6.54 Å². The summed E-state index contributed by atoms with van der Waals surface area (Å²) in [6.45, 7) is 5.26. The number of likely N-dealkylation sites (tertiary alicyclic amines) is 1. The van der Waals surface area contributed by atoms with E-state index in [1.807, 2.05) is 6.07 Å². The number of piperidine rings is 1. The lowest BCUT2D eigenvalue weighted by atomic mass is 9.95. The van der Waals surface area contributed by atoms with Crippen molar-refractivity contribution in [3.63, 3.8) is 0 Å². The van der Waals surface area contributed by atoms with Gasteiger partial charge in [-0.15, -0.1) is 0 Å². The number of phenolic OH excluding ortho intramolecular Hbond substituents is 1. The van der Waals surface area contributed by atoms with Crippen LogP contribution in [0.15, 0.2) is 18.2 Å². The van der Waals surface area contributed by atoms with Gasteiger partial charge in [0.25, 0.3) is 0 Å². The van der Waals surface area contributed by atoms with Crippen LogP contribution < -0.4 is 0 Å². The summed E-state index contributed by atoms with van der Waals surface area (Å²) in [5, 5.41) is 10.5. The van der Waals surface area contributed by atoms with E-state index in [1.54, 1.807) is 12.1 Å². The standard InChI is InChI=1S/C14H20ClNO/c1-2-11-5-4-8-16(9-11)10-12-13(15)6-3-7-14(12)17/h3,6-7,11,17H,2,4-5,8-10H2,1H3. The van der Waals surface area contributed by atoms with Crippen molar-refractivity contribution in [2.75, 3.05) is 13.1 Å². The molecule has 1 unspecified atom stereocenters. The molecule has 1 aliphatic rings. The Morgan fingerprint density at radius 1 is 1.47 bits per heavy atom. The number of rotatable bonds is 3. The molecule has 0 aliphatic carbocycles. The molecule has 17 heavy (non-hydrogen) atoms. The van der Waals surface area contributed by atoms with Crippen molar-refractivity contribution in [1.29, 1.82) is 0 Å². The second-order valence-corrected chi connectivity index (χ2v) is 5.30. The third-order valence-electron chi connectivity index (χ3n) is 3.66. The van der Waals surface area contributed by atoms with E-state index in [1.165, 1.54) is 19.3 Å². The van der Waals surface area contributed by atoms with Crippen LogP contribution in [0.25, 0.3) is 0 Å². The minimum absolute atomic E-state index is 0.316. The van der Waals surface area contributed by atoms with Crippen molar-refractivity contribution < 1.29 is 5.11 Å². The predicted octanol–water partition coefficient (Wildman–Crippen LogP) is 3.67. The SMILES string of the molecule is CCC1CCCN(Cc2c(O)cccc2Cl)C1. The highest BCUT2D eigenvalue weighted by Gasteiger charge is 2.20. The van der Waals surface area contributed by atoms with E-state index < -0.39 is 0 Å². The molecule has 1 N–H and O–H groups in total. The summed E-state index contributed by atoms with van der Waals surface area (Å²) in [5.41, 5.74) is 0.867. The van der Waals surface area contributed by atoms with Crippen LogP contribution in [0.4, 0.5) is 0 Å². The third kappa shape index (κ3) is 3.14. The average molecular weight is 254 g/mol. The highest BCUT2D eigenvalue weighted by atomic mass is 35.5. The van der Waals surface area contributed by atoms with E-state index in [0.717, 1.165) is 31.1 Å². The Balaban J connectivity index is 2.05. The summed E-state index contributed by atoms with van der Waals surface area (Å²) >= 11 is 6.13. The number of nitrogens with zero attached hydrogens (tertiary/aromatic N) is 1. The number of hydrogen-bond acceptors (Lipinski definition) is 2. The molecule has 2 rings (SSSR count). The van der Waals surface area contributed by atoms with E-state index in [4.69, 9.17) is 11.6 Å². The Labute approximate surface area is 108 Å². The number of aromatic hydroxyl groups is 1. The topological polar surface area (TPSA) is 23.5 Å². The van der Waals surface area contributed by atoms with Gasteiger partial charge in [-0.05, 0) is 37.4 Å². The van der Waals surface area contributed by atoms with Crippen molar-refractivity contribution in [2.24, 2.45) is 5.92 Å². The normalized spacial score (nSPS) is 21.6. The monoisotopic (exact) mass is 253 g/mol. The minimum atomic E-state index is 0.316. The first-order valence-electron chi connectivity index (χ1n) is 6.39. The van der Waals surface area contributed by atoms with Gasteiger partial charge in [0.1, 0.15) is 5.75 Å². The molecule has 1 fully saturated rings. The van der Waals surface area contributed by atoms with Gasteiger partial charge in [-0.25, -0.2) is 0 Å². The van der Waals surface area contributed by atoms with E-state index in [9.17, 15) is 5.11 Å². The summed E-state index contributed by atoms with van der Waals surface area (Å²) in [7, 11) is 0. The van der Waals surface area contributed by atoms with Gasteiger partial charge in [0.15, 0.2) is 0 Å². The van der Waals surface area contributed by atoms with Gasteiger partial charge in [-0.1, -0.05) is 31.0 Å². The fourth-order valence-corrected chi connectivity index (χ4v) is 2.78. The highest BCUT2D eigenvalue weighted by Crippen LogP contribution is 2.28. The largest absolute Gasteiger partial charge is 0.508 e. The Kier molecular flexibility index (Phi) is 4.30. The van der Waals surface area contributed by atoms with Gasteiger partial charge < -0.3 is 5.11 Å². The lowest BCUT2D eigenvalue weighted by molar-refractivity contribution is 0.163. The second-order valence-electron chi connectivity index (χ2n) is 4.89. The van der Waals surface area contributed by atoms with Crippen LogP contribution in [0, 0.1) is 5.92 Å². The maximum Gasteiger partial charge on any atom is 0.121 e. The molecule has 1 aromatic carbocycles. The molecule has 2 nitrogen and oxygen atoms in total. The molecular weight excluding hydrogens is 234 g/mol. The molecule has 0 aromatic heterocycles. The summed E-state index contributed by atoms with van der Waals surface area (Å²) in [6.07, 6.45) is 3.83. The van der Waals surface area contributed by atoms with Gasteiger partial charge in [0, 0.05) is 23.7 Å². The Morgan fingerprint density at radius 2 is 2.29 bits per heavy atom. The third-order valence-corrected chi connectivity index (χ3v) is 4.01. The van der Waals surface area contributed by atoms with Gasteiger partial charge >= 0.3 is 0 Å². The fourth-order valence-electron chi connectivity index (χ4n) is 2.56. The molecule has 0 radical (unpaired) electrons. The van der Waals surface area contributed by atoms with E-state index >= 15 is 0 Å². The summed E-state index contributed by atoms with van der Waals surface area (Å²) in [6, 6.07) is 5.34. The lowest BCUT2D eigenvalue weighted by Crippen LogP contribution is -2.34. The maximum absolute atomic E-state index is 9.83. The van der Waals surface area contributed by atoms with Crippen LogP contribution in [0.5, 0.6) is 5.75 Å². The predicted molar refractivity (Wildman–Crippen MR) is 71.4 cm³/mol. The molecular formula is C14H20ClNO. The molecule has 0 amide bonds. The summed E-state index contributed by atoms with van der Waals surface area (Å²) in [4.78, 5) is 2.40. The van der Waals surface area contributed by atoms with Gasteiger partial charge in [-0.3, -0.25) is 4.90 Å². The van der Waals surface area contributed by atoms with Gasteiger partial charge in [0.05, 0.1) is 0 Å². The van der Waals surface area contributed by atoms with Crippen LogP contribution in [0.2, 0.25) is 5.02 Å². The zero-order valence-corrected chi connectivity index (χ0v) is 11.1. The zero-order valence-electron chi connectivity index (χ0n) is 10.3. The summed E-state index contributed by atoms with van der Waals surface area (Å²) < 4.78 is 0. The first-order valence-corrected chi connectivity index (χ1v) is 6.77. The number of halogens is 1. The van der Waals surface area contributed by atoms with Gasteiger partial charge in [0.2, 0.25) is 0 Å². The molecule has 1 aliphatic heterocycles. The number of benzene rings is 1.